The molecule has 1 rings (SSSR count). The molecule has 0 aromatic rings. The van der Waals surface area contributed by atoms with Gasteiger partial charge in [0.25, 0.3) is 0 Å². The van der Waals surface area contributed by atoms with E-state index in [1.54, 1.807) is 6.92 Å². The largest absolute Gasteiger partial charge is 0.481 e. The summed E-state index contributed by atoms with van der Waals surface area (Å²) < 4.78 is 5.18. The Hall–Kier alpha value is -1.30. The van der Waals surface area contributed by atoms with Crippen LogP contribution in [0.5, 0.6) is 0 Å². The molecule has 0 spiro atoms. The Labute approximate surface area is 113 Å². The maximum absolute atomic E-state index is 11.8. The molecule has 0 aromatic heterocycles. The van der Waals surface area contributed by atoms with E-state index in [0.717, 1.165) is 6.42 Å². The molecule has 1 aliphatic heterocycles. The highest BCUT2D eigenvalue weighted by atomic mass is 16.5. The molecule has 0 bridgehead atoms. The second-order valence-electron chi connectivity index (χ2n) is 6.14. The number of urea groups is 1. The summed E-state index contributed by atoms with van der Waals surface area (Å²) in [5.74, 6) is -0.954. The Kier molecular flexibility index (Phi) is 4.79. The fourth-order valence-corrected chi connectivity index (χ4v) is 1.74. The number of hydrogen-bond donors (Lipinski definition) is 3. The summed E-state index contributed by atoms with van der Waals surface area (Å²) in [4.78, 5) is 23.0. The van der Waals surface area contributed by atoms with Gasteiger partial charge in [0.1, 0.15) is 5.41 Å². The van der Waals surface area contributed by atoms with Crippen LogP contribution in [0.1, 0.15) is 34.1 Å². The van der Waals surface area contributed by atoms with E-state index in [4.69, 9.17) is 4.74 Å². The summed E-state index contributed by atoms with van der Waals surface area (Å²) in [7, 11) is 0. The normalized spacial score (nSPS) is 27.1. The Morgan fingerprint density at radius 1 is 1.47 bits per heavy atom. The first kappa shape index (κ1) is 15.8. The van der Waals surface area contributed by atoms with E-state index >= 15 is 0 Å². The van der Waals surface area contributed by atoms with E-state index in [2.05, 4.69) is 31.4 Å². The van der Waals surface area contributed by atoms with E-state index in [1.165, 1.54) is 0 Å². The number of carbonyl (C=O) groups is 2. The molecule has 2 amide bonds. The third kappa shape index (κ3) is 3.83. The van der Waals surface area contributed by atoms with Crippen molar-refractivity contribution in [2.24, 2.45) is 10.8 Å². The van der Waals surface area contributed by atoms with Crippen LogP contribution in [-0.4, -0.2) is 42.9 Å². The third-order valence-corrected chi connectivity index (χ3v) is 3.93. The Bertz CT molecular complexity index is 357. The van der Waals surface area contributed by atoms with Gasteiger partial charge in [0, 0.05) is 6.54 Å². The number of amides is 2. The smallest absolute Gasteiger partial charge is 0.315 e. The van der Waals surface area contributed by atoms with Crippen molar-refractivity contribution in [2.75, 3.05) is 19.8 Å². The van der Waals surface area contributed by atoms with Crippen LogP contribution in [0.2, 0.25) is 0 Å². The third-order valence-electron chi connectivity index (χ3n) is 3.93. The number of carboxylic acids is 1. The van der Waals surface area contributed by atoms with Gasteiger partial charge in [0.05, 0.1) is 19.3 Å². The lowest BCUT2D eigenvalue weighted by atomic mass is 9.85. The SMILES string of the molecule is CCC(C)(C)CNC(=O)NC1COCC1(C)C(=O)O. The molecule has 1 heterocycles. The minimum Gasteiger partial charge on any atom is -0.481 e. The van der Waals surface area contributed by atoms with Gasteiger partial charge in [-0.1, -0.05) is 20.8 Å². The fraction of sp³-hybridized carbons (Fsp3) is 0.846. The highest BCUT2D eigenvalue weighted by Crippen LogP contribution is 2.28. The van der Waals surface area contributed by atoms with E-state index in [0.29, 0.717) is 6.54 Å². The van der Waals surface area contributed by atoms with E-state index in [-0.39, 0.29) is 24.7 Å². The molecule has 1 aliphatic rings. The zero-order valence-corrected chi connectivity index (χ0v) is 12.1. The van der Waals surface area contributed by atoms with Gasteiger partial charge in [-0.05, 0) is 18.8 Å². The van der Waals surface area contributed by atoms with Crippen molar-refractivity contribution in [1.82, 2.24) is 10.6 Å². The standard InChI is InChI=1S/C13H24N2O4/c1-5-12(2,3)7-14-11(18)15-9-6-19-8-13(9,4)10(16)17/h9H,5-8H2,1-4H3,(H,16,17)(H2,14,15,18). The van der Waals surface area contributed by atoms with Crippen LogP contribution in [0.25, 0.3) is 0 Å². The van der Waals surface area contributed by atoms with Gasteiger partial charge in [-0.2, -0.15) is 0 Å². The second-order valence-corrected chi connectivity index (χ2v) is 6.14. The van der Waals surface area contributed by atoms with Crippen LogP contribution in [0.4, 0.5) is 4.79 Å². The lowest BCUT2D eigenvalue weighted by Crippen LogP contribution is -2.53. The molecule has 6 heteroatoms. The first-order chi connectivity index (χ1) is 8.71. The summed E-state index contributed by atoms with van der Waals surface area (Å²) in [6, 6.07) is -0.848. The van der Waals surface area contributed by atoms with Crippen LogP contribution < -0.4 is 10.6 Å². The molecule has 3 N–H and O–H groups in total. The van der Waals surface area contributed by atoms with Crippen LogP contribution in [-0.2, 0) is 9.53 Å². The molecule has 0 radical (unpaired) electrons. The molecule has 2 atom stereocenters. The quantitative estimate of drug-likeness (QED) is 0.702. The van der Waals surface area contributed by atoms with Crippen LogP contribution in [0.15, 0.2) is 0 Å². The molecule has 0 aliphatic carbocycles. The average molecular weight is 272 g/mol. The van der Waals surface area contributed by atoms with Gasteiger partial charge in [0.2, 0.25) is 0 Å². The second kappa shape index (κ2) is 5.77. The highest BCUT2D eigenvalue weighted by molar-refractivity contribution is 5.79. The van der Waals surface area contributed by atoms with Crippen molar-refractivity contribution >= 4 is 12.0 Å². The lowest BCUT2D eigenvalue weighted by molar-refractivity contribution is -0.148. The van der Waals surface area contributed by atoms with E-state index in [1.807, 2.05) is 0 Å². The maximum atomic E-state index is 11.8. The molecule has 6 nitrogen and oxygen atoms in total. The number of nitrogens with one attached hydrogen (secondary N) is 2. The predicted molar refractivity (Wildman–Crippen MR) is 71.0 cm³/mol. The lowest BCUT2D eigenvalue weighted by Gasteiger charge is -2.27. The number of ether oxygens (including phenoxy) is 1. The van der Waals surface area contributed by atoms with Crippen LogP contribution in [0.3, 0.4) is 0 Å². The van der Waals surface area contributed by atoms with Crippen molar-refractivity contribution < 1.29 is 19.4 Å². The maximum Gasteiger partial charge on any atom is 0.315 e. The molecule has 0 aromatic carbocycles. The van der Waals surface area contributed by atoms with E-state index in [9.17, 15) is 14.7 Å². The molecule has 110 valence electrons. The minimum absolute atomic E-state index is 0.0274. The average Bonchev–Trinajstić information content (AvgIpc) is 2.70. The topological polar surface area (TPSA) is 87.7 Å². The number of aliphatic carboxylic acids is 1. The van der Waals surface area contributed by atoms with Gasteiger partial charge in [-0.3, -0.25) is 4.79 Å². The fourth-order valence-electron chi connectivity index (χ4n) is 1.74. The van der Waals surface area contributed by atoms with Crippen molar-refractivity contribution in [3.8, 4) is 0 Å². The first-order valence-electron chi connectivity index (χ1n) is 6.57. The van der Waals surface area contributed by atoms with Gasteiger partial charge < -0.3 is 20.5 Å². The zero-order chi connectivity index (χ0) is 14.7. The Balaban J connectivity index is 2.51. The highest BCUT2D eigenvalue weighted by Gasteiger charge is 2.47. The van der Waals surface area contributed by atoms with Crippen LogP contribution >= 0.6 is 0 Å². The first-order valence-corrected chi connectivity index (χ1v) is 6.57. The molecule has 2 unspecified atom stereocenters. The van der Waals surface area contributed by atoms with Crippen molar-refractivity contribution in [3.63, 3.8) is 0 Å². The van der Waals surface area contributed by atoms with Gasteiger partial charge in [0.15, 0.2) is 0 Å². The van der Waals surface area contributed by atoms with Crippen molar-refractivity contribution in [1.29, 1.82) is 0 Å². The number of carboxylic acid groups (broad SMARTS) is 1. The summed E-state index contributed by atoms with van der Waals surface area (Å²) in [5.41, 5.74) is -1.03. The number of rotatable bonds is 5. The summed E-state index contributed by atoms with van der Waals surface area (Å²) in [5, 5.41) is 14.7. The number of hydrogen-bond acceptors (Lipinski definition) is 3. The van der Waals surface area contributed by atoms with Gasteiger partial charge >= 0.3 is 12.0 Å². The molecule has 1 saturated heterocycles. The molecule has 0 saturated carbocycles. The number of carbonyl (C=O) groups excluding carboxylic acids is 1. The molecular weight excluding hydrogens is 248 g/mol. The molecule has 1 fully saturated rings. The van der Waals surface area contributed by atoms with Gasteiger partial charge in [-0.25, -0.2) is 4.79 Å². The predicted octanol–water partition coefficient (Wildman–Crippen LogP) is 1.21. The summed E-state index contributed by atoms with van der Waals surface area (Å²) >= 11 is 0. The van der Waals surface area contributed by atoms with Crippen molar-refractivity contribution in [2.45, 2.75) is 40.2 Å². The van der Waals surface area contributed by atoms with Crippen molar-refractivity contribution in [3.05, 3.63) is 0 Å². The zero-order valence-electron chi connectivity index (χ0n) is 12.1. The molecular formula is C13H24N2O4. The summed E-state index contributed by atoms with van der Waals surface area (Å²) in [6.45, 7) is 8.67. The van der Waals surface area contributed by atoms with Crippen LogP contribution in [0, 0.1) is 10.8 Å². The minimum atomic E-state index is -1.06. The van der Waals surface area contributed by atoms with Gasteiger partial charge in [-0.15, -0.1) is 0 Å². The Morgan fingerprint density at radius 2 is 2.11 bits per heavy atom. The monoisotopic (exact) mass is 272 g/mol. The Morgan fingerprint density at radius 3 is 2.63 bits per heavy atom. The summed E-state index contributed by atoms with van der Waals surface area (Å²) in [6.07, 6.45) is 0.951. The van der Waals surface area contributed by atoms with E-state index < -0.39 is 17.4 Å². The molecule has 19 heavy (non-hydrogen) atoms.